The second-order valence-corrected chi connectivity index (χ2v) is 4.50. The van der Waals surface area contributed by atoms with Gasteiger partial charge in [0.05, 0.1) is 6.54 Å². The van der Waals surface area contributed by atoms with E-state index in [2.05, 4.69) is 48.5 Å². The Morgan fingerprint density at radius 1 is 1.29 bits per heavy atom. The first-order valence-corrected chi connectivity index (χ1v) is 6.00. The minimum absolute atomic E-state index is 0.413. The summed E-state index contributed by atoms with van der Waals surface area (Å²) in [4.78, 5) is 0. The highest BCUT2D eigenvalue weighted by molar-refractivity contribution is 5.21. The summed E-state index contributed by atoms with van der Waals surface area (Å²) in [6.07, 6.45) is 3.80. The fourth-order valence-electron chi connectivity index (χ4n) is 1.75. The summed E-state index contributed by atoms with van der Waals surface area (Å²) in [5.74, 6) is 0. The topological polar surface area (TPSA) is 29.9 Å². The second kappa shape index (κ2) is 5.64. The molecular formula is C14H19N3. The van der Waals surface area contributed by atoms with Crippen molar-refractivity contribution in [3.8, 4) is 0 Å². The highest BCUT2D eigenvalue weighted by atomic mass is 15.3. The lowest BCUT2D eigenvalue weighted by molar-refractivity contribution is 0.451. The first-order chi connectivity index (χ1) is 8.24. The number of hydrogen-bond acceptors (Lipinski definition) is 2. The van der Waals surface area contributed by atoms with Gasteiger partial charge in [-0.05, 0) is 25.5 Å². The minimum Gasteiger partial charge on any atom is -0.308 e. The van der Waals surface area contributed by atoms with Crippen LogP contribution >= 0.6 is 0 Å². The first-order valence-electron chi connectivity index (χ1n) is 6.00. The lowest BCUT2D eigenvalue weighted by atomic mass is 10.1. The molecule has 0 aliphatic heterocycles. The zero-order chi connectivity index (χ0) is 12.1. The number of rotatable bonds is 5. The van der Waals surface area contributed by atoms with E-state index >= 15 is 0 Å². The van der Waals surface area contributed by atoms with E-state index in [-0.39, 0.29) is 0 Å². The largest absolute Gasteiger partial charge is 0.308 e. The monoisotopic (exact) mass is 229 g/mol. The number of hydrogen-bond donors (Lipinski definition) is 1. The molecule has 0 radical (unpaired) electrons. The maximum absolute atomic E-state index is 4.20. The van der Waals surface area contributed by atoms with Crippen molar-refractivity contribution in [2.75, 3.05) is 0 Å². The molecule has 1 atom stereocenters. The quantitative estimate of drug-likeness (QED) is 0.853. The zero-order valence-corrected chi connectivity index (χ0v) is 10.4. The molecule has 0 saturated heterocycles. The third kappa shape index (κ3) is 3.71. The molecular weight excluding hydrogens is 210 g/mol. The van der Waals surface area contributed by atoms with Crippen molar-refractivity contribution in [1.29, 1.82) is 0 Å². The van der Waals surface area contributed by atoms with Gasteiger partial charge in [0.25, 0.3) is 0 Å². The lowest BCUT2D eigenvalue weighted by Gasteiger charge is -2.14. The minimum atomic E-state index is 0.413. The van der Waals surface area contributed by atoms with Crippen molar-refractivity contribution in [2.45, 2.75) is 33.0 Å². The molecule has 1 heterocycles. The molecule has 3 nitrogen and oxygen atoms in total. The lowest BCUT2D eigenvalue weighted by Crippen LogP contribution is -2.30. The fraction of sp³-hybridized carbons (Fsp3) is 0.357. The number of aryl methyl sites for hydroxylation is 1. The Morgan fingerprint density at radius 3 is 2.71 bits per heavy atom. The van der Waals surface area contributed by atoms with Gasteiger partial charge in [-0.1, -0.05) is 29.8 Å². The summed E-state index contributed by atoms with van der Waals surface area (Å²) in [6, 6.07) is 11.0. The van der Waals surface area contributed by atoms with Crippen molar-refractivity contribution in [3.05, 3.63) is 53.9 Å². The summed E-state index contributed by atoms with van der Waals surface area (Å²) in [7, 11) is 0. The van der Waals surface area contributed by atoms with Gasteiger partial charge in [-0.3, -0.25) is 4.68 Å². The highest BCUT2D eigenvalue weighted by Gasteiger charge is 2.02. The second-order valence-electron chi connectivity index (χ2n) is 4.50. The van der Waals surface area contributed by atoms with Gasteiger partial charge < -0.3 is 5.32 Å². The predicted molar refractivity (Wildman–Crippen MR) is 69.7 cm³/mol. The van der Waals surface area contributed by atoms with Crippen molar-refractivity contribution >= 4 is 0 Å². The van der Waals surface area contributed by atoms with Crippen LogP contribution in [0.25, 0.3) is 0 Å². The molecule has 0 fully saturated rings. The normalized spacial score (nSPS) is 12.6. The Labute approximate surface area is 102 Å². The summed E-state index contributed by atoms with van der Waals surface area (Å²) in [5, 5.41) is 7.70. The smallest absolute Gasteiger partial charge is 0.0560 e. The van der Waals surface area contributed by atoms with Crippen LogP contribution in [-0.4, -0.2) is 15.8 Å². The molecule has 1 aromatic heterocycles. The van der Waals surface area contributed by atoms with Crippen LogP contribution < -0.4 is 5.32 Å². The third-order valence-corrected chi connectivity index (χ3v) is 2.80. The molecule has 1 aromatic carbocycles. The van der Waals surface area contributed by atoms with Gasteiger partial charge in [-0.2, -0.15) is 5.10 Å². The van der Waals surface area contributed by atoms with Crippen molar-refractivity contribution in [1.82, 2.24) is 15.1 Å². The molecule has 0 aliphatic rings. The van der Waals surface area contributed by atoms with Gasteiger partial charge in [0.2, 0.25) is 0 Å². The number of benzene rings is 1. The molecule has 3 heteroatoms. The maximum Gasteiger partial charge on any atom is 0.0560 e. The Bertz CT molecular complexity index is 431. The van der Waals surface area contributed by atoms with Gasteiger partial charge in [0.1, 0.15) is 0 Å². The molecule has 0 amide bonds. The van der Waals surface area contributed by atoms with Crippen LogP contribution in [0.2, 0.25) is 0 Å². The Kier molecular flexibility index (Phi) is 3.94. The van der Waals surface area contributed by atoms with Crippen LogP contribution in [0.3, 0.4) is 0 Å². The molecule has 2 aromatic rings. The van der Waals surface area contributed by atoms with E-state index in [1.54, 1.807) is 0 Å². The van der Waals surface area contributed by atoms with Gasteiger partial charge in [0, 0.05) is 25.0 Å². The molecule has 1 unspecified atom stereocenters. The molecule has 2 rings (SSSR count). The van der Waals surface area contributed by atoms with Crippen molar-refractivity contribution in [2.24, 2.45) is 0 Å². The number of aromatic nitrogens is 2. The number of nitrogens with one attached hydrogen (secondary N) is 1. The van der Waals surface area contributed by atoms with Crippen molar-refractivity contribution in [3.63, 3.8) is 0 Å². The average molecular weight is 229 g/mol. The van der Waals surface area contributed by atoms with E-state index < -0.39 is 0 Å². The third-order valence-electron chi connectivity index (χ3n) is 2.80. The van der Waals surface area contributed by atoms with Crippen molar-refractivity contribution < 1.29 is 0 Å². The predicted octanol–water partition coefficient (Wildman–Crippen LogP) is 2.37. The maximum atomic E-state index is 4.20. The van der Waals surface area contributed by atoms with E-state index in [0.29, 0.717) is 6.04 Å². The summed E-state index contributed by atoms with van der Waals surface area (Å²) < 4.78 is 1.95. The fourth-order valence-corrected chi connectivity index (χ4v) is 1.75. The van der Waals surface area contributed by atoms with E-state index in [1.165, 1.54) is 11.1 Å². The van der Waals surface area contributed by atoms with Crippen LogP contribution in [0, 0.1) is 6.92 Å². The van der Waals surface area contributed by atoms with E-state index in [0.717, 1.165) is 13.1 Å². The number of nitrogens with zero attached hydrogens (tertiary/aromatic N) is 2. The first kappa shape index (κ1) is 11.9. The zero-order valence-electron chi connectivity index (χ0n) is 10.4. The molecule has 17 heavy (non-hydrogen) atoms. The molecule has 0 spiro atoms. The summed E-state index contributed by atoms with van der Waals surface area (Å²) in [5.41, 5.74) is 2.63. The van der Waals surface area contributed by atoms with Gasteiger partial charge in [0.15, 0.2) is 0 Å². The summed E-state index contributed by atoms with van der Waals surface area (Å²) in [6.45, 7) is 6.09. The van der Waals surface area contributed by atoms with E-state index in [1.807, 2.05) is 23.1 Å². The van der Waals surface area contributed by atoms with Gasteiger partial charge in [-0.15, -0.1) is 0 Å². The van der Waals surface area contributed by atoms with Crippen LogP contribution in [0.4, 0.5) is 0 Å². The summed E-state index contributed by atoms with van der Waals surface area (Å²) >= 11 is 0. The van der Waals surface area contributed by atoms with E-state index in [4.69, 9.17) is 0 Å². The van der Waals surface area contributed by atoms with Gasteiger partial charge in [-0.25, -0.2) is 0 Å². The molecule has 0 bridgehead atoms. The molecule has 0 saturated carbocycles. The van der Waals surface area contributed by atoms with Gasteiger partial charge >= 0.3 is 0 Å². The van der Waals surface area contributed by atoms with Crippen LogP contribution in [-0.2, 0) is 13.1 Å². The van der Waals surface area contributed by atoms with Crippen LogP contribution in [0.1, 0.15) is 18.1 Å². The van der Waals surface area contributed by atoms with Crippen LogP contribution in [0.5, 0.6) is 0 Å². The van der Waals surface area contributed by atoms with Crippen LogP contribution in [0.15, 0.2) is 42.7 Å². The Hall–Kier alpha value is -1.61. The standard InChI is InChI=1S/C14H19N3/c1-12-4-6-14(7-5-12)10-15-13(2)11-17-9-3-8-16-17/h3-9,13,15H,10-11H2,1-2H3. The Balaban J connectivity index is 1.79. The molecule has 0 aliphatic carbocycles. The Morgan fingerprint density at radius 2 is 2.06 bits per heavy atom. The SMILES string of the molecule is Cc1ccc(CNC(C)Cn2cccn2)cc1. The average Bonchev–Trinajstić information content (AvgIpc) is 2.81. The molecule has 1 N–H and O–H groups in total. The highest BCUT2D eigenvalue weighted by Crippen LogP contribution is 2.03. The molecule has 90 valence electrons. The van der Waals surface area contributed by atoms with E-state index in [9.17, 15) is 0 Å².